The number of hydrogen-bond acceptors (Lipinski definition) is 2. The fourth-order valence-corrected chi connectivity index (χ4v) is 2.78. The van der Waals surface area contributed by atoms with Crippen LogP contribution in [-0.2, 0) is 0 Å². The zero-order valence-corrected chi connectivity index (χ0v) is 11.2. The van der Waals surface area contributed by atoms with Gasteiger partial charge in [0, 0.05) is 13.2 Å². The number of aliphatic hydroxyl groups excluding tert-OH is 1. The SMILES string of the molecule is O=C(NCC1CCCCC1CO)c1cc(F)ccc1F. The number of benzene rings is 1. The van der Waals surface area contributed by atoms with E-state index in [9.17, 15) is 18.7 Å². The van der Waals surface area contributed by atoms with Crippen molar-refractivity contribution in [1.82, 2.24) is 5.32 Å². The van der Waals surface area contributed by atoms with Crippen LogP contribution in [0.2, 0.25) is 0 Å². The van der Waals surface area contributed by atoms with Gasteiger partial charge in [0.1, 0.15) is 11.6 Å². The fourth-order valence-electron chi connectivity index (χ4n) is 2.78. The predicted molar refractivity (Wildman–Crippen MR) is 71.2 cm³/mol. The fraction of sp³-hybridized carbons (Fsp3) is 0.533. The van der Waals surface area contributed by atoms with Crippen molar-refractivity contribution in [2.24, 2.45) is 11.8 Å². The highest BCUT2D eigenvalue weighted by molar-refractivity contribution is 5.94. The van der Waals surface area contributed by atoms with Gasteiger partial charge in [0.25, 0.3) is 5.91 Å². The van der Waals surface area contributed by atoms with Crippen molar-refractivity contribution in [1.29, 1.82) is 0 Å². The lowest BCUT2D eigenvalue weighted by atomic mass is 9.79. The third-order valence-corrected chi connectivity index (χ3v) is 4.00. The number of aliphatic hydroxyl groups is 1. The summed E-state index contributed by atoms with van der Waals surface area (Å²) in [6.45, 7) is 0.495. The van der Waals surface area contributed by atoms with Crippen LogP contribution >= 0.6 is 0 Å². The summed E-state index contributed by atoms with van der Waals surface area (Å²) in [6.07, 6.45) is 4.06. The maximum absolute atomic E-state index is 13.5. The highest BCUT2D eigenvalue weighted by Gasteiger charge is 2.25. The van der Waals surface area contributed by atoms with Crippen molar-refractivity contribution >= 4 is 5.91 Å². The minimum Gasteiger partial charge on any atom is -0.396 e. The highest BCUT2D eigenvalue weighted by Crippen LogP contribution is 2.29. The average Bonchev–Trinajstić information content (AvgIpc) is 2.47. The largest absolute Gasteiger partial charge is 0.396 e. The van der Waals surface area contributed by atoms with E-state index in [1.807, 2.05) is 0 Å². The Bertz CT molecular complexity index is 479. The Labute approximate surface area is 117 Å². The van der Waals surface area contributed by atoms with Crippen LogP contribution in [0.3, 0.4) is 0 Å². The van der Waals surface area contributed by atoms with E-state index in [0.29, 0.717) is 6.54 Å². The molecule has 0 radical (unpaired) electrons. The number of carbonyl (C=O) groups is 1. The Morgan fingerprint density at radius 2 is 1.95 bits per heavy atom. The molecule has 2 rings (SSSR count). The summed E-state index contributed by atoms with van der Waals surface area (Å²) in [5, 5.41) is 11.9. The molecule has 0 bridgehead atoms. The quantitative estimate of drug-likeness (QED) is 0.892. The Morgan fingerprint density at radius 1 is 1.25 bits per heavy atom. The molecule has 1 aromatic carbocycles. The van der Waals surface area contributed by atoms with E-state index in [-0.39, 0.29) is 24.0 Å². The van der Waals surface area contributed by atoms with Crippen molar-refractivity contribution in [3.63, 3.8) is 0 Å². The van der Waals surface area contributed by atoms with E-state index in [0.717, 1.165) is 43.9 Å². The number of rotatable bonds is 4. The molecule has 3 nitrogen and oxygen atoms in total. The molecule has 1 aliphatic carbocycles. The van der Waals surface area contributed by atoms with Gasteiger partial charge in [-0.05, 0) is 42.9 Å². The molecule has 110 valence electrons. The molecule has 1 saturated carbocycles. The number of nitrogens with one attached hydrogen (secondary N) is 1. The van der Waals surface area contributed by atoms with Crippen molar-refractivity contribution in [2.45, 2.75) is 25.7 Å². The van der Waals surface area contributed by atoms with Gasteiger partial charge in [-0.2, -0.15) is 0 Å². The second-order valence-corrected chi connectivity index (χ2v) is 5.32. The summed E-state index contributed by atoms with van der Waals surface area (Å²) < 4.78 is 26.5. The third kappa shape index (κ3) is 3.54. The van der Waals surface area contributed by atoms with Crippen LogP contribution in [0, 0.1) is 23.5 Å². The van der Waals surface area contributed by atoms with Crippen LogP contribution < -0.4 is 5.32 Å². The topological polar surface area (TPSA) is 49.3 Å². The summed E-state index contributed by atoms with van der Waals surface area (Å²) in [6, 6.07) is 2.82. The van der Waals surface area contributed by atoms with Crippen LogP contribution in [0.25, 0.3) is 0 Å². The molecule has 2 N–H and O–H groups in total. The van der Waals surface area contributed by atoms with Crippen molar-refractivity contribution in [3.8, 4) is 0 Å². The smallest absolute Gasteiger partial charge is 0.254 e. The minimum absolute atomic E-state index is 0.106. The first-order chi connectivity index (χ1) is 9.61. The average molecular weight is 283 g/mol. The standard InChI is InChI=1S/C15H19F2NO2/c16-12-5-6-14(17)13(7-12)15(20)18-8-10-3-1-2-4-11(10)9-19/h5-7,10-11,19H,1-4,8-9H2,(H,18,20). The summed E-state index contributed by atoms with van der Waals surface area (Å²) in [7, 11) is 0. The molecule has 1 aromatic rings. The normalized spacial score (nSPS) is 22.6. The second-order valence-electron chi connectivity index (χ2n) is 5.32. The predicted octanol–water partition coefficient (Wildman–Crippen LogP) is 2.49. The monoisotopic (exact) mass is 283 g/mol. The highest BCUT2D eigenvalue weighted by atomic mass is 19.1. The molecule has 5 heteroatoms. The second kappa shape index (κ2) is 6.79. The van der Waals surface area contributed by atoms with E-state index < -0.39 is 17.5 Å². The molecule has 0 aromatic heterocycles. The lowest BCUT2D eigenvalue weighted by Gasteiger charge is -2.30. The molecule has 0 spiro atoms. The molecule has 1 aliphatic rings. The van der Waals surface area contributed by atoms with Gasteiger partial charge >= 0.3 is 0 Å². The lowest BCUT2D eigenvalue weighted by molar-refractivity contribution is 0.0905. The van der Waals surface area contributed by atoms with Crippen LogP contribution in [0.15, 0.2) is 18.2 Å². The Morgan fingerprint density at radius 3 is 2.65 bits per heavy atom. The molecule has 2 atom stereocenters. The van der Waals surface area contributed by atoms with Gasteiger partial charge in [-0.1, -0.05) is 12.8 Å². The Hall–Kier alpha value is -1.49. The number of carbonyl (C=O) groups excluding carboxylic acids is 1. The van der Waals surface area contributed by atoms with E-state index in [4.69, 9.17) is 0 Å². The number of hydrogen-bond donors (Lipinski definition) is 2. The summed E-state index contributed by atoms with van der Waals surface area (Å²) in [4.78, 5) is 11.9. The first kappa shape index (κ1) is 14.9. The molecule has 0 aliphatic heterocycles. The van der Waals surface area contributed by atoms with Crippen molar-refractivity contribution in [2.75, 3.05) is 13.2 Å². The van der Waals surface area contributed by atoms with Crippen molar-refractivity contribution < 1.29 is 18.7 Å². The summed E-state index contributed by atoms with van der Waals surface area (Å²) >= 11 is 0. The lowest BCUT2D eigenvalue weighted by Crippen LogP contribution is -2.35. The van der Waals surface area contributed by atoms with E-state index >= 15 is 0 Å². The molecular formula is C15H19F2NO2. The van der Waals surface area contributed by atoms with Gasteiger partial charge in [-0.25, -0.2) is 8.78 Å². The molecule has 20 heavy (non-hydrogen) atoms. The molecule has 1 amide bonds. The van der Waals surface area contributed by atoms with Gasteiger partial charge in [0.2, 0.25) is 0 Å². The number of amides is 1. The van der Waals surface area contributed by atoms with Gasteiger partial charge in [-0.15, -0.1) is 0 Å². The number of halogens is 2. The van der Waals surface area contributed by atoms with E-state index in [1.165, 1.54) is 0 Å². The third-order valence-electron chi connectivity index (χ3n) is 4.00. The van der Waals surface area contributed by atoms with Crippen LogP contribution in [0.5, 0.6) is 0 Å². The molecule has 0 heterocycles. The van der Waals surface area contributed by atoms with Gasteiger partial charge in [0.05, 0.1) is 5.56 Å². The maximum atomic E-state index is 13.5. The molecule has 1 fully saturated rings. The summed E-state index contributed by atoms with van der Waals surface area (Å²) in [5.74, 6) is -1.59. The van der Waals surface area contributed by atoms with Crippen LogP contribution in [0.4, 0.5) is 8.78 Å². The minimum atomic E-state index is -0.730. The molecule has 0 saturated heterocycles. The van der Waals surface area contributed by atoms with Gasteiger partial charge in [0.15, 0.2) is 0 Å². The van der Waals surface area contributed by atoms with E-state index in [2.05, 4.69) is 5.32 Å². The van der Waals surface area contributed by atoms with Gasteiger partial charge < -0.3 is 10.4 Å². The zero-order chi connectivity index (χ0) is 14.5. The van der Waals surface area contributed by atoms with Crippen LogP contribution in [0.1, 0.15) is 36.0 Å². The Balaban J connectivity index is 1.96. The summed E-state index contributed by atoms with van der Waals surface area (Å²) in [5.41, 5.74) is -0.277. The van der Waals surface area contributed by atoms with Crippen molar-refractivity contribution in [3.05, 3.63) is 35.4 Å². The maximum Gasteiger partial charge on any atom is 0.254 e. The van der Waals surface area contributed by atoms with Crippen LogP contribution in [-0.4, -0.2) is 24.2 Å². The van der Waals surface area contributed by atoms with E-state index in [1.54, 1.807) is 0 Å². The van der Waals surface area contributed by atoms with Gasteiger partial charge in [-0.3, -0.25) is 4.79 Å². The Kier molecular flexibility index (Phi) is 5.06. The molecule has 2 unspecified atom stereocenters. The molecular weight excluding hydrogens is 264 g/mol. The zero-order valence-electron chi connectivity index (χ0n) is 11.2. The first-order valence-corrected chi connectivity index (χ1v) is 6.96. The first-order valence-electron chi connectivity index (χ1n) is 6.96.